The van der Waals surface area contributed by atoms with Gasteiger partial charge in [-0.25, -0.2) is 4.79 Å². The van der Waals surface area contributed by atoms with Crippen LogP contribution in [0.25, 0.3) is 0 Å². The number of carbonyl (C=O) groups excluding carboxylic acids is 1. The largest absolute Gasteiger partial charge is 0.462 e. The number of hydrogen-bond donors (Lipinski definition) is 0. The van der Waals surface area contributed by atoms with Crippen LogP contribution >= 0.6 is 11.8 Å². The Hall–Kier alpha value is -0.970. The summed E-state index contributed by atoms with van der Waals surface area (Å²) in [6, 6.07) is 0. The lowest BCUT2D eigenvalue weighted by Gasteiger charge is -2.09. The first-order chi connectivity index (χ1) is 8.60. The third-order valence-electron chi connectivity index (χ3n) is 2.89. The van der Waals surface area contributed by atoms with Gasteiger partial charge in [-0.15, -0.1) is 0 Å². The molecule has 1 unspecified atom stereocenters. The number of carbonyl (C=O) groups is 1. The first-order valence-corrected chi connectivity index (χ1v) is 7.51. The number of hydrogen-bond acceptors (Lipinski definition) is 4. The topological polar surface area (TPSA) is 44.1 Å². The third-order valence-corrected chi connectivity index (χ3v) is 4.18. The van der Waals surface area contributed by atoms with Crippen LogP contribution in [-0.2, 0) is 17.5 Å². The van der Waals surface area contributed by atoms with Gasteiger partial charge in [0.2, 0.25) is 0 Å². The Morgan fingerprint density at radius 1 is 1.56 bits per heavy atom. The zero-order valence-electron chi connectivity index (χ0n) is 11.6. The molecular formula is C13H22N2O2S. The van der Waals surface area contributed by atoms with E-state index in [1.807, 2.05) is 25.7 Å². The minimum atomic E-state index is -0.273. The van der Waals surface area contributed by atoms with E-state index in [0.29, 0.717) is 18.1 Å². The summed E-state index contributed by atoms with van der Waals surface area (Å²) in [5.74, 6) is 2.33. The molecule has 0 spiro atoms. The standard InChI is InChI=1S/C13H22N2O2S/c1-5-10(3)8-18-9-12-11(7-14-15(12)4)13(16)17-6-2/h7,10H,5-6,8-9H2,1-4H3. The summed E-state index contributed by atoms with van der Waals surface area (Å²) in [6.07, 6.45) is 2.78. The van der Waals surface area contributed by atoms with Crippen molar-refractivity contribution in [3.63, 3.8) is 0 Å². The number of esters is 1. The van der Waals surface area contributed by atoms with E-state index < -0.39 is 0 Å². The molecule has 0 saturated heterocycles. The van der Waals surface area contributed by atoms with Crippen LogP contribution in [0.4, 0.5) is 0 Å². The first kappa shape index (κ1) is 15.1. The van der Waals surface area contributed by atoms with Crippen LogP contribution in [0.3, 0.4) is 0 Å². The molecule has 4 nitrogen and oxygen atoms in total. The summed E-state index contributed by atoms with van der Waals surface area (Å²) in [4.78, 5) is 11.7. The highest BCUT2D eigenvalue weighted by Crippen LogP contribution is 2.20. The van der Waals surface area contributed by atoms with Crippen molar-refractivity contribution in [3.05, 3.63) is 17.5 Å². The molecule has 0 saturated carbocycles. The molecule has 1 rings (SSSR count). The van der Waals surface area contributed by atoms with Gasteiger partial charge in [0, 0.05) is 12.8 Å². The lowest BCUT2D eigenvalue weighted by Crippen LogP contribution is -2.08. The van der Waals surface area contributed by atoms with Gasteiger partial charge in [-0.3, -0.25) is 4.68 Å². The predicted octanol–water partition coefficient (Wildman–Crippen LogP) is 2.88. The van der Waals surface area contributed by atoms with Crippen LogP contribution in [0.2, 0.25) is 0 Å². The smallest absolute Gasteiger partial charge is 0.341 e. The van der Waals surface area contributed by atoms with Gasteiger partial charge in [-0.2, -0.15) is 16.9 Å². The SMILES string of the molecule is CCOC(=O)c1cnn(C)c1CSCC(C)CC. The summed E-state index contributed by atoms with van der Waals surface area (Å²) < 4.78 is 6.79. The number of rotatable bonds is 7. The van der Waals surface area contributed by atoms with Crippen LogP contribution in [0.5, 0.6) is 0 Å². The van der Waals surface area contributed by atoms with Crippen LogP contribution in [-0.4, -0.2) is 28.1 Å². The van der Waals surface area contributed by atoms with Gasteiger partial charge in [-0.05, 0) is 18.6 Å². The van der Waals surface area contributed by atoms with E-state index in [0.717, 1.165) is 17.2 Å². The van der Waals surface area contributed by atoms with E-state index in [9.17, 15) is 4.79 Å². The molecule has 102 valence electrons. The maximum absolute atomic E-state index is 11.7. The molecule has 5 heteroatoms. The Labute approximate surface area is 113 Å². The summed E-state index contributed by atoms with van der Waals surface area (Å²) in [7, 11) is 1.86. The van der Waals surface area contributed by atoms with E-state index >= 15 is 0 Å². The molecule has 1 aromatic heterocycles. The highest BCUT2D eigenvalue weighted by molar-refractivity contribution is 7.98. The van der Waals surface area contributed by atoms with Crippen LogP contribution < -0.4 is 0 Å². The van der Waals surface area contributed by atoms with E-state index in [-0.39, 0.29) is 5.97 Å². The van der Waals surface area contributed by atoms with Crippen molar-refractivity contribution in [1.82, 2.24) is 9.78 Å². The Balaban J connectivity index is 2.64. The van der Waals surface area contributed by atoms with E-state index in [4.69, 9.17) is 4.74 Å². The second-order valence-electron chi connectivity index (χ2n) is 4.38. The number of thioether (sulfide) groups is 1. The molecule has 1 aromatic rings. The van der Waals surface area contributed by atoms with Crippen molar-refractivity contribution in [2.24, 2.45) is 13.0 Å². The average molecular weight is 270 g/mol. The Morgan fingerprint density at radius 2 is 2.28 bits per heavy atom. The van der Waals surface area contributed by atoms with Crippen LogP contribution in [0, 0.1) is 5.92 Å². The minimum Gasteiger partial charge on any atom is -0.462 e. The summed E-state index contributed by atoms with van der Waals surface area (Å²) in [5.41, 5.74) is 1.54. The lowest BCUT2D eigenvalue weighted by atomic mass is 10.2. The third kappa shape index (κ3) is 4.05. The zero-order valence-corrected chi connectivity index (χ0v) is 12.4. The van der Waals surface area contributed by atoms with Crippen molar-refractivity contribution >= 4 is 17.7 Å². The van der Waals surface area contributed by atoms with Crippen molar-refractivity contribution in [1.29, 1.82) is 0 Å². The number of ether oxygens (including phenoxy) is 1. The monoisotopic (exact) mass is 270 g/mol. The maximum Gasteiger partial charge on any atom is 0.341 e. The Kier molecular flexibility index (Phi) is 6.25. The van der Waals surface area contributed by atoms with Gasteiger partial charge >= 0.3 is 5.97 Å². The molecule has 0 N–H and O–H groups in total. The molecule has 1 heterocycles. The predicted molar refractivity (Wildman–Crippen MR) is 74.8 cm³/mol. The van der Waals surface area contributed by atoms with Gasteiger partial charge in [0.25, 0.3) is 0 Å². The van der Waals surface area contributed by atoms with Crippen molar-refractivity contribution in [3.8, 4) is 0 Å². The average Bonchev–Trinajstić information content (AvgIpc) is 2.71. The first-order valence-electron chi connectivity index (χ1n) is 6.35. The summed E-state index contributed by atoms with van der Waals surface area (Å²) >= 11 is 1.84. The van der Waals surface area contributed by atoms with Crippen LogP contribution in [0.1, 0.15) is 43.2 Å². The second kappa shape index (κ2) is 7.46. The molecule has 0 aliphatic heterocycles. The zero-order chi connectivity index (χ0) is 13.5. The van der Waals surface area contributed by atoms with Crippen molar-refractivity contribution in [2.75, 3.05) is 12.4 Å². The normalized spacial score (nSPS) is 12.4. The molecule has 1 atom stereocenters. The molecule has 0 aromatic carbocycles. The minimum absolute atomic E-state index is 0.273. The fourth-order valence-electron chi connectivity index (χ4n) is 1.49. The number of nitrogens with zero attached hydrogens (tertiary/aromatic N) is 2. The van der Waals surface area contributed by atoms with E-state index in [2.05, 4.69) is 18.9 Å². The maximum atomic E-state index is 11.7. The summed E-state index contributed by atoms with van der Waals surface area (Å²) in [6.45, 7) is 6.64. The molecule has 0 aliphatic carbocycles. The Morgan fingerprint density at radius 3 is 2.89 bits per heavy atom. The van der Waals surface area contributed by atoms with Crippen molar-refractivity contribution < 1.29 is 9.53 Å². The number of aryl methyl sites for hydroxylation is 1. The molecule has 0 fully saturated rings. The number of aromatic nitrogens is 2. The fourth-order valence-corrected chi connectivity index (χ4v) is 2.78. The second-order valence-corrected chi connectivity index (χ2v) is 5.41. The lowest BCUT2D eigenvalue weighted by molar-refractivity contribution is 0.0525. The van der Waals surface area contributed by atoms with Crippen LogP contribution in [0.15, 0.2) is 6.20 Å². The van der Waals surface area contributed by atoms with E-state index in [1.54, 1.807) is 10.9 Å². The van der Waals surface area contributed by atoms with E-state index in [1.165, 1.54) is 6.42 Å². The highest BCUT2D eigenvalue weighted by atomic mass is 32.2. The highest BCUT2D eigenvalue weighted by Gasteiger charge is 2.17. The molecule has 18 heavy (non-hydrogen) atoms. The fraction of sp³-hybridized carbons (Fsp3) is 0.692. The van der Waals surface area contributed by atoms with Gasteiger partial charge in [0.15, 0.2) is 0 Å². The molecule has 0 radical (unpaired) electrons. The Bertz CT molecular complexity index is 390. The van der Waals surface area contributed by atoms with Gasteiger partial charge in [-0.1, -0.05) is 20.3 Å². The molecule has 0 amide bonds. The summed E-state index contributed by atoms with van der Waals surface area (Å²) in [5, 5.41) is 4.14. The van der Waals surface area contributed by atoms with Gasteiger partial charge in [0.1, 0.15) is 5.56 Å². The van der Waals surface area contributed by atoms with Gasteiger partial charge in [0.05, 0.1) is 18.5 Å². The van der Waals surface area contributed by atoms with Crippen molar-refractivity contribution in [2.45, 2.75) is 32.9 Å². The molecule has 0 aliphatic rings. The molecular weight excluding hydrogens is 248 g/mol. The molecule has 0 bridgehead atoms. The van der Waals surface area contributed by atoms with Gasteiger partial charge < -0.3 is 4.74 Å². The quantitative estimate of drug-likeness (QED) is 0.715.